The maximum atomic E-state index is 13.6. The molecule has 3 rings (SSSR count). The highest BCUT2D eigenvalue weighted by Crippen LogP contribution is 2.23. The Morgan fingerprint density at radius 2 is 2.13 bits per heavy atom. The molecule has 0 amide bonds. The van der Waals surface area contributed by atoms with Crippen LogP contribution in [0, 0.1) is 5.82 Å². The molecule has 1 aromatic carbocycles. The van der Waals surface area contributed by atoms with Crippen LogP contribution in [0.3, 0.4) is 0 Å². The van der Waals surface area contributed by atoms with Crippen molar-refractivity contribution in [1.82, 2.24) is 15.6 Å². The lowest BCUT2D eigenvalue weighted by Gasteiger charge is -2.32. The predicted octanol–water partition coefficient (Wildman–Crippen LogP) is 3.48. The average Bonchev–Trinajstić information content (AvgIpc) is 2.76. The summed E-state index contributed by atoms with van der Waals surface area (Å²) in [6, 6.07) is 10.9. The van der Waals surface area contributed by atoms with Crippen molar-refractivity contribution in [3.8, 4) is 0 Å². The highest BCUT2D eigenvalue weighted by molar-refractivity contribution is 5.79. The molecule has 2 N–H and O–H groups in total. The van der Waals surface area contributed by atoms with E-state index in [0.29, 0.717) is 13.1 Å². The molecule has 0 spiro atoms. The van der Waals surface area contributed by atoms with Gasteiger partial charge in [0.2, 0.25) is 0 Å². The second kappa shape index (κ2) is 10.6. The summed E-state index contributed by atoms with van der Waals surface area (Å²) in [4.78, 5) is 11.5. The van der Waals surface area contributed by atoms with Crippen molar-refractivity contribution in [1.29, 1.82) is 0 Å². The fourth-order valence-corrected chi connectivity index (χ4v) is 3.59. The number of hydrogen-bond acceptors (Lipinski definition) is 4. The summed E-state index contributed by atoms with van der Waals surface area (Å²) < 4.78 is 19.3. The number of anilines is 1. The third-order valence-corrected chi connectivity index (χ3v) is 5.44. The number of morpholine rings is 1. The molecule has 2 aromatic rings. The van der Waals surface area contributed by atoms with Gasteiger partial charge in [0.15, 0.2) is 5.96 Å². The van der Waals surface area contributed by atoms with E-state index in [-0.39, 0.29) is 17.3 Å². The van der Waals surface area contributed by atoms with Crippen LogP contribution in [0.2, 0.25) is 0 Å². The molecule has 168 valence electrons. The number of nitrogens with zero attached hydrogens (tertiary/aromatic N) is 3. The zero-order chi connectivity index (χ0) is 22.3. The summed E-state index contributed by atoms with van der Waals surface area (Å²) in [6.45, 7) is 12.7. The minimum atomic E-state index is -0.241. The minimum Gasteiger partial charge on any atom is -0.375 e. The van der Waals surface area contributed by atoms with Gasteiger partial charge in [0.25, 0.3) is 0 Å². The van der Waals surface area contributed by atoms with Gasteiger partial charge in [-0.3, -0.25) is 0 Å². The van der Waals surface area contributed by atoms with Gasteiger partial charge in [0.05, 0.1) is 19.3 Å². The first-order valence-corrected chi connectivity index (χ1v) is 11.0. The van der Waals surface area contributed by atoms with Gasteiger partial charge in [0, 0.05) is 37.8 Å². The van der Waals surface area contributed by atoms with E-state index in [1.54, 1.807) is 12.1 Å². The lowest BCUT2D eigenvalue weighted by Crippen LogP contribution is -2.43. The normalized spacial score (nSPS) is 17.5. The lowest BCUT2D eigenvalue weighted by atomic mass is 9.84. The Bertz CT molecular complexity index is 886. The largest absolute Gasteiger partial charge is 0.375 e. The Kier molecular flexibility index (Phi) is 7.85. The van der Waals surface area contributed by atoms with Crippen molar-refractivity contribution in [3.63, 3.8) is 0 Å². The molecule has 1 aliphatic heterocycles. The standard InChI is InChI=1S/C24H34FN5O/c1-5-26-23(29-17-24(3,4)20-7-6-8-21(25)14-20)28-15-19-9-10-27-22(13-19)30-11-12-31-18(2)16-30/h6-10,13-14,18H,5,11-12,15-17H2,1-4H3,(H2,26,28,29). The van der Waals surface area contributed by atoms with E-state index in [4.69, 9.17) is 9.73 Å². The topological polar surface area (TPSA) is 61.8 Å². The first-order chi connectivity index (χ1) is 14.9. The molecule has 0 bridgehead atoms. The number of rotatable bonds is 7. The van der Waals surface area contributed by atoms with Gasteiger partial charge in [-0.1, -0.05) is 26.0 Å². The zero-order valence-corrected chi connectivity index (χ0v) is 19.0. The van der Waals surface area contributed by atoms with Crippen molar-refractivity contribution in [2.45, 2.75) is 45.8 Å². The summed E-state index contributed by atoms with van der Waals surface area (Å²) in [5, 5.41) is 6.70. The number of halogens is 1. The molecule has 1 unspecified atom stereocenters. The second-order valence-corrected chi connectivity index (χ2v) is 8.59. The number of aliphatic imine (C=N–C) groups is 1. The van der Waals surface area contributed by atoms with Gasteiger partial charge in [0.1, 0.15) is 11.6 Å². The van der Waals surface area contributed by atoms with Gasteiger partial charge in [-0.25, -0.2) is 14.4 Å². The number of hydrogen-bond donors (Lipinski definition) is 2. The summed E-state index contributed by atoms with van der Waals surface area (Å²) in [6.07, 6.45) is 2.05. The van der Waals surface area contributed by atoms with Crippen LogP contribution in [0.25, 0.3) is 0 Å². The molecule has 31 heavy (non-hydrogen) atoms. The highest BCUT2D eigenvalue weighted by Gasteiger charge is 2.21. The van der Waals surface area contributed by atoms with Crippen LogP contribution in [0.1, 0.15) is 38.8 Å². The number of aromatic nitrogens is 1. The fraction of sp³-hybridized carbons (Fsp3) is 0.500. The molecule has 1 aliphatic rings. The molecular weight excluding hydrogens is 393 g/mol. The Morgan fingerprint density at radius 1 is 1.29 bits per heavy atom. The number of nitrogens with one attached hydrogen (secondary N) is 2. The lowest BCUT2D eigenvalue weighted by molar-refractivity contribution is 0.0529. The smallest absolute Gasteiger partial charge is 0.191 e. The van der Waals surface area contributed by atoms with E-state index in [0.717, 1.165) is 49.1 Å². The quantitative estimate of drug-likeness (QED) is 0.523. The average molecular weight is 428 g/mol. The highest BCUT2D eigenvalue weighted by atomic mass is 19.1. The van der Waals surface area contributed by atoms with Crippen LogP contribution in [0.15, 0.2) is 47.6 Å². The SMILES string of the molecule is CCNC(=NCc1ccnc(N2CCOC(C)C2)c1)NCC(C)(C)c1cccc(F)c1. The second-order valence-electron chi connectivity index (χ2n) is 8.59. The van der Waals surface area contributed by atoms with Crippen LogP contribution in [-0.2, 0) is 16.7 Å². The van der Waals surface area contributed by atoms with Gasteiger partial charge in [-0.15, -0.1) is 0 Å². The Labute approximate surface area is 184 Å². The maximum absolute atomic E-state index is 13.6. The Balaban J connectivity index is 1.65. The van der Waals surface area contributed by atoms with Crippen LogP contribution in [0.4, 0.5) is 10.2 Å². The summed E-state index contributed by atoms with van der Waals surface area (Å²) in [5.74, 6) is 1.49. The van der Waals surface area contributed by atoms with Gasteiger partial charge < -0.3 is 20.3 Å². The van der Waals surface area contributed by atoms with E-state index in [1.165, 1.54) is 6.07 Å². The Hall–Kier alpha value is -2.67. The van der Waals surface area contributed by atoms with Crippen molar-refractivity contribution >= 4 is 11.8 Å². The van der Waals surface area contributed by atoms with Crippen molar-refractivity contribution in [2.24, 2.45) is 4.99 Å². The molecule has 6 nitrogen and oxygen atoms in total. The van der Waals surface area contributed by atoms with Gasteiger partial charge >= 0.3 is 0 Å². The molecule has 1 fully saturated rings. The van der Waals surface area contributed by atoms with E-state index < -0.39 is 0 Å². The van der Waals surface area contributed by atoms with Crippen LogP contribution < -0.4 is 15.5 Å². The number of ether oxygens (including phenoxy) is 1. The van der Waals surface area contributed by atoms with Gasteiger partial charge in [-0.2, -0.15) is 0 Å². The molecule has 7 heteroatoms. The minimum absolute atomic E-state index is 0.211. The molecule has 0 aliphatic carbocycles. The third-order valence-electron chi connectivity index (χ3n) is 5.44. The molecule has 1 aromatic heterocycles. The predicted molar refractivity (Wildman–Crippen MR) is 124 cm³/mol. The number of pyridine rings is 1. The third kappa shape index (κ3) is 6.66. The van der Waals surface area contributed by atoms with E-state index in [1.807, 2.05) is 25.3 Å². The van der Waals surface area contributed by atoms with Crippen LogP contribution in [0.5, 0.6) is 0 Å². The molecule has 1 saturated heterocycles. The fourth-order valence-electron chi connectivity index (χ4n) is 3.59. The van der Waals surface area contributed by atoms with Gasteiger partial charge in [-0.05, 0) is 49.2 Å². The first-order valence-electron chi connectivity index (χ1n) is 11.0. The zero-order valence-electron chi connectivity index (χ0n) is 19.0. The number of benzene rings is 1. The summed E-state index contributed by atoms with van der Waals surface area (Å²) >= 11 is 0. The molecule has 0 radical (unpaired) electrons. The molecule has 2 heterocycles. The Morgan fingerprint density at radius 3 is 2.87 bits per heavy atom. The molecular formula is C24H34FN5O. The first kappa shape index (κ1) is 23.0. The van der Waals surface area contributed by atoms with E-state index in [2.05, 4.69) is 47.4 Å². The maximum Gasteiger partial charge on any atom is 0.191 e. The summed E-state index contributed by atoms with van der Waals surface area (Å²) in [5.41, 5.74) is 1.81. The van der Waals surface area contributed by atoms with Crippen molar-refractivity contribution in [3.05, 3.63) is 59.5 Å². The monoisotopic (exact) mass is 427 g/mol. The van der Waals surface area contributed by atoms with Crippen LogP contribution in [-0.4, -0.2) is 49.8 Å². The van der Waals surface area contributed by atoms with E-state index >= 15 is 0 Å². The van der Waals surface area contributed by atoms with Crippen LogP contribution >= 0.6 is 0 Å². The summed E-state index contributed by atoms with van der Waals surface area (Å²) in [7, 11) is 0. The number of guanidine groups is 1. The van der Waals surface area contributed by atoms with Crippen molar-refractivity contribution < 1.29 is 9.13 Å². The van der Waals surface area contributed by atoms with E-state index in [9.17, 15) is 4.39 Å². The molecule has 1 atom stereocenters. The molecule has 0 saturated carbocycles. The van der Waals surface area contributed by atoms with Crippen molar-refractivity contribution in [2.75, 3.05) is 37.7 Å².